The molecule has 2 aromatic rings. The van der Waals surface area contributed by atoms with Gasteiger partial charge in [0.1, 0.15) is 11.8 Å². The summed E-state index contributed by atoms with van der Waals surface area (Å²) < 4.78 is 0. The Morgan fingerprint density at radius 3 is 1.98 bits per heavy atom. The van der Waals surface area contributed by atoms with Crippen LogP contribution in [0.5, 0.6) is 0 Å². The smallest absolute Gasteiger partial charge is 0.251 e. The lowest BCUT2D eigenvalue weighted by atomic mass is 9.59. The summed E-state index contributed by atoms with van der Waals surface area (Å²) in [5, 5.41) is 11.5. The minimum atomic E-state index is -0.762. The van der Waals surface area contributed by atoms with Crippen LogP contribution in [0.1, 0.15) is 160 Å². The number of anilines is 1. The van der Waals surface area contributed by atoms with Crippen molar-refractivity contribution >= 4 is 40.9 Å². The lowest BCUT2D eigenvalue weighted by Gasteiger charge is -2.46. The molecule has 4 amide bonds. The summed E-state index contributed by atoms with van der Waals surface area (Å²) in [4.78, 5) is 76.3. The second kappa shape index (κ2) is 22.1. The number of benzene rings is 2. The number of hydrogen-bond acceptors (Lipinski definition) is 6. The fraction of sp³-hybridized carbons (Fsp3) is 0.625. The van der Waals surface area contributed by atoms with E-state index in [9.17, 15) is 28.8 Å². The molecule has 1 aliphatic carbocycles. The first-order valence-corrected chi connectivity index (χ1v) is 21.6. The lowest BCUT2D eigenvalue weighted by molar-refractivity contribution is -0.131. The molecule has 2 atom stereocenters. The minimum Gasteiger partial charge on any atom is -0.347 e. The Morgan fingerprint density at radius 1 is 0.793 bits per heavy atom. The predicted molar refractivity (Wildman–Crippen MR) is 232 cm³/mol. The van der Waals surface area contributed by atoms with Crippen molar-refractivity contribution in [2.24, 2.45) is 35.0 Å². The van der Waals surface area contributed by atoms with Crippen LogP contribution in [0.4, 0.5) is 5.69 Å². The maximum atomic E-state index is 13.2. The Bertz CT molecular complexity index is 1690. The van der Waals surface area contributed by atoms with E-state index in [4.69, 9.17) is 0 Å². The Labute approximate surface area is 348 Å². The summed E-state index contributed by atoms with van der Waals surface area (Å²) in [6, 6.07) is 13.6. The normalized spacial score (nSPS) is 16.6. The van der Waals surface area contributed by atoms with Gasteiger partial charge in [-0.25, -0.2) is 0 Å². The maximum Gasteiger partial charge on any atom is 0.251 e. The van der Waals surface area contributed by atoms with Crippen molar-refractivity contribution < 1.29 is 28.8 Å². The van der Waals surface area contributed by atoms with E-state index in [1.165, 1.54) is 0 Å². The average Bonchev–Trinajstić information content (AvgIpc) is 3.13. The molecule has 0 radical (unpaired) electrons. The van der Waals surface area contributed by atoms with Gasteiger partial charge >= 0.3 is 0 Å². The highest BCUT2D eigenvalue weighted by Crippen LogP contribution is 2.49. The van der Waals surface area contributed by atoms with Crippen LogP contribution in [0.3, 0.4) is 0 Å². The number of carbonyl (C=O) groups is 6. The molecule has 0 saturated heterocycles. The van der Waals surface area contributed by atoms with Gasteiger partial charge in [-0.05, 0) is 131 Å². The van der Waals surface area contributed by atoms with E-state index in [1.54, 1.807) is 43.3 Å². The summed E-state index contributed by atoms with van der Waals surface area (Å²) in [5.41, 5.74) is 2.39. The van der Waals surface area contributed by atoms with Gasteiger partial charge in [-0.1, -0.05) is 79.2 Å². The van der Waals surface area contributed by atoms with E-state index < -0.39 is 11.9 Å². The van der Waals surface area contributed by atoms with E-state index in [0.29, 0.717) is 60.3 Å². The van der Waals surface area contributed by atoms with Crippen molar-refractivity contribution in [1.82, 2.24) is 16.0 Å². The lowest BCUT2D eigenvalue weighted by Crippen LogP contribution is -2.51. The SMILES string of the molecule is CCCC(CC(C)C)C(=O)c1ccc(C(=O)NC(C)(C)CCC2CC(C(C)(C)CCC(=O)NC(C(=O)NCC(=O)Nc3ccc(CCC(C)=O)cc3)C(C)C)C2)cc1. The van der Waals surface area contributed by atoms with Crippen LogP contribution in [-0.2, 0) is 25.6 Å². The highest BCUT2D eigenvalue weighted by atomic mass is 16.2. The first-order chi connectivity index (χ1) is 27.2. The fourth-order valence-electron chi connectivity index (χ4n) is 7.89. The number of Topliss-reactive ketones (excluding diaryl/α,β-unsaturated/α-hetero) is 2. The van der Waals surface area contributed by atoms with Crippen LogP contribution in [0.25, 0.3) is 0 Å². The van der Waals surface area contributed by atoms with Crippen molar-refractivity contribution in [2.75, 3.05) is 11.9 Å². The monoisotopic (exact) mass is 801 g/mol. The molecule has 10 nitrogen and oxygen atoms in total. The average molecular weight is 801 g/mol. The van der Waals surface area contributed by atoms with Crippen molar-refractivity contribution in [2.45, 2.75) is 151 Å². The third kappa shape index (κ3) is 15.8. The van der Waals surface area contributed by atoms with E-state index in [0.717, 1.165) is 50.5 Å². The van der Waals surface area contributed by atoms with Crippen molar-refractivity contribution in [3.05, 3.63) is 65.2 Å². The molecular formula is C48H72N4O6. The van der Waals surface area contributed by atoms with Gasteiger partial charge in [0.25, 0.3) is 5.91 Å². The van der Waals surface area contributed by atoms with Gasteiger partial charge in [-0.3, -0.25) is 24.0 Å². The summed E-state index contributed by atoms with van der Waals surface area (Å²) in [5.74, 6) is 0.540. The number of carbonyl (C=O) groups excluding carboxylic acids is 6. The molecule has 4 N–H and O–H groups in total. The topological polar surface area (TPSA) is 151 Å². The summed E-state index contributed by atoms with van der Waals surface area (Å²) in [6.07, 6.45) is 8.83. The van der Waals surface area contributed by atoms with Crippen molar-refractivity contribution in [3.63, 3.8) is 0 Å². The molecule has 2 aromatic carbocycles. The molecule has 0 heterocycles. The molecule has 3 rings (SSSR count). The van der Waals surface area contributed by atoms with E-state index in [1.807, 2.05) is 26.0 Å². The third-order valence-electron chi connectivity index (χ3n) is 11.9. The molecule has 10 heteroatoms. The van der Waals surface area contributed by atoms with E-state index in [2.05, 4.69) is 69.7 Å². The van der Waals surface area contributed by atoms with Gasteiger partial charge in [0.15, 0.2) is 5.78 Å². The number of hydrogen-bond donors (Lipinski definition) is 4. The molecule has 1 aliphatic rings. The molecule has 2 unspecified atom stereocenters. The molecule has 0 aromatic heterocycles. The van der Waals surface area contributed by atoms with E-state index >= 15 is 0 Å². The molecule has 0 spiro atoms. The number of aryl methyl sites for hydroxylation is 1. The Morgan fingerprint density at radius 2 is 1.41 bits per heavy atom. The second-order valence-corrected chi connectivity index (χ2v) is 18.9. The zero-order valence-corrected chi connectivity index (χ0v) is 37.0. The number of rotatable bonds is 24. The summed E-state index contributed by atoms with van der Waals surface area (Å²) in [7, 11) is 0. The largest absolute Gasteiger partial charge is 0.347 e. The number of ketones is 2. The minimum absolute atomic E-state index is 0.0133. The highest BCUT2D eigenvalue weighted by Gasteiger charge is 2.40. The molecule has 1 saturated carbocycles. The van der Waals surface area contributed by atoms with Crippen LogP contribution in [0.2, 0.25) is 0 Å². The Balaban J connectivity index is 1.39. The van der Waals surface area contributed by atoms with Gasteiger partial charge in [-0.2, -0.15) is 0 Å². The summed E-state index contributed by atoms with van der Waals surface area (Å²) in [6.45, 7) is 20.0. The zero-order valence-electron chi connectivity index (χ0n) is 37.0. The molecule has 1 fully saturated rings. The molecular weight excluding hydrogens is 729 g/mol. The van der Waals surface area contributed by atoms with Crippen LogP contribution >= 0.6 is 0 Å². The van der Waals surface area contributed by atoms with Crippen LogP contribution in [-0.4, -0.2) is 53.3 Å². The van der Waals surface area contributed by atoms with Gasteiger partial charge in [-0.15, -0.1) is 0 Å². The second-order valence-electron chi connectivity index (χ2n) is 18.9. The standard InChI is InChI=1S/C48H72N4O6/c1-11-12-38(27-31(2)3)44(56)36-17-19-37(20-18-36)45(57)52-48(9,10)26-23-35-28-39(29-35)47(7,8)25-24-41(54)51-43(32(4)5)46(58)49-30-42(55)50-40-21-15-34(16-22-40)14-13-33(6)53/h15-22,31-32,35,38-39,43H,11-14,23-30H2,1-10H3,(H,49,58)(H,50,55)(H,51,54)(H,52,57). The first-order valence-electron chi connectivity index (χ1n) is 21.6. The summed E-state index contributed by atoms with van der Waals surface area (Å²) >= 11 is 0. The van der Waals surface area contributed by atoms with Crippen molar-refractivity contribution in [1.29, 1.82) is 0 Å². The van der Waals surface area contributed by atoms with Crippen LogP contribution < -0.4 is 21.3 Å². The zero-order chi connectivity index (χ0) is 43.2. The number of amides is 4. The Kier molecular flexibility index (Phi) is 18.3. The highest BCUT2D eigenvalue weighted by molar-refractivity contribution is 6.00. The first kappa shape index (κ1) is 48.0. The van der Waals surface area contributed by atoms with Gasteiger partial charge in [0.05, 0.1) is 6.54 Å². The van der Waals surface area contributed by atoms with E-state index in [-0.39, 0.29) is 58.6 Å². The molecule has 0 aliphatic heterocycles. The van der Waals surface area contributed by atoms with Crippen LogP contribution in [0.15, 0.2) is 48.5 Å². The molecule has 58 heavy (non-hydrogen) atoms. The van der Waals surface area contributed by atoms with Gasteiger partial charge in [0.2, 0.25) is 17.7 Å². The number of nitrogens with one attached hydrogen (secondary N) is 4. The molecule has 0 bridgehead atoms. The quantitative estimate of drug-likeness (QED) is 0.0780. The van der Waals surface area contributed by atoms with Crippen LogP contribution in [0, 0.1) is 35.0 Å². The molecule has 320 valence electrons. The Hall–Kier alpha value is -4.34. The third-order valence-corrected chi connectivity index (χ3v) is 11.9. The predicted octanol–water partition coefficient (Wildman–Crippen LogP) is 8.87. The van der Waals surface area contributed by atoms with Gasteiger partial charge in [0, 0.05) is 41.1 Å². The van der Waals surface area contributed by atoms with Crippen molar-refractivity contribution in [3.8, 4) is 0 Å². The van der Waals surface area contributed by atoms with Gasteiger partial charge < -0.3 is 26.1 Å². The maximum absolute atomic E-state index is 13.2. The fourth-order valence-corrected chi connectivity index (χ4v) is 7.89.